The van der Waals surface area contributed by atoms with Crippen molar-refractivity contribution in [1.82, 2.24) is 0 Å². The Kier molecular flexibility index (Phi) is 6.98. The Morgan fingerprint density at radius 3 is 2.14 bits per heavy atom. The second-order valence-corrected chi connectivity index (χ2v) is 3.83. The Bertz CT molecular complexity index is 590. The maximum absolute atomic E-state index is 11.0. The number of carbonyl (C=O) groups excluding carboxylic acids is 1. The molecule has 1 amide bonds. The molecule has 6 nitrogen and oxygen atoms in total. The number of nitrogens with one attached hydrogen (secondary N) is 1. The average molecular weight is 359 g/mol. The molecule has 0 aromatic heterocycles. The first-order valence-corrected chi connectivity index (χ1v) is 5.76. The second kappa shape index (κ2) is 8.49. The summed E-state index contributed by atoms with van der Waals surface area (Å²) in [6, 6.07) is 15.6. The van der Waals surface area contributed by atoms with Crippen LogP contribution >= 0.6 is 0 Å². The summed E-state index contributed by atoms with van der Waals surface area (Å²) in [6.45, 7) is 0. The van der Waals surface area contributed by atoms with E-state index in [2.05, 4.69) is 22.4 Å². The predicted molar refractivity (Wildman–Crippen MR) is 76.3 cm³/mol. The van der Waals surface area contributed by atoms with Crippen LogP contribution in [0.4, 0.5) is 21.9 Å². The number of hydrogen-bond donors (Lipinski definition) is 1. The first kappa shape index (κ1) is 17.3. The van der Waals surface area contributed by atoms with Crippen molar-refractivity contribution < 1.29 is 42.2 Å². The van der Waals surface area contributed by atoms with Crippen molar-refractivity contribution >= 4 is 23.2 Å². The van der Waals surface area contributed by atoms with E-state index in [1.807, 2.05) is 18.2 Å². The van der Waals surface area contributed by atoms with Gasteiger partial charge in [-0.1, -0.05) is 18.2 Å². The molecule has 0 saturated heterocycles. The van der Waals surface area contributed by atoms with Crippen LogP contribution in [0.5, 0.6) is 0 Å². The van der Waals surface area contributed by atoms with E-state index in [-0.39, 0.29) is 32.7 Å². The van der Waals surface area contributed by atoms with Gasteiger partial charge in [0, 0.05) is 38.4 Å². The molecule has 0 bridgehead atoms. The van der Waals surface area contributed by atoms with Crippen molar-refractivity contribution in [1.29, 1.82) is 0 Å². The summed E-state index contributed by atoms with van der Waals surface area (Å²) in [5, 5.41) is 6.71. The minimum atomic E-state index is -0.661. The van der Waals surface area contributed by atoms with E-state index >= 15 is 0 Å². The van der Waals surface area contributed by atoms with Crippen LogP contribution in [0.2, 0.25) is 0 Å². The van der Waals surface area contributed by atoms with Crippen LogP contribution in [0.15, 0.2) is 59.9 Å². The number of para-hydroxylation sites is 1. The number of nitroso groups, excluding NO2 is 1. The van der Waals surface area contributed by atoms with Gasteiger partial charge in [0.1, 0.15) is 0 Å². The molecule has 0 atom stereocenters. The molecule has 1 N–H and O–H groups in total. The van der Waals surface area contributed by atoms with Crippen LogP contribution in [0.25, 0.3) is 0 Å². The van der Waals surface area contributed by atoms with Gasteiger partial charge in [-0.25, -0.2) is 4.79 Å². The molecule has 1 radical (unpaired) electrons. The summed E-state index contributed by atoms with van der Waals surface area (Å²) in [5.41, 5.74) is 1.77. The normalized spacial score (nSPS) is 9.19. The molecule has 0 aliphatic rings. The molecular weight excluding hydrogens is 347 g/mol. The fourth-order valence-electron chi connectivity index (χ4n) is 1.65. The van der Waals surface area contributed by atoms with Gasteiger partial charge in [0.05, 0.1) is 16.7 Å². The molecule has 0 aliphatic carbocycles. The fraction of sp³-hybridized carbons (Fsp3) is 0. The van der Waals surface area contributed by atoms with E-state index in [1.165, 1.54) is 5.01 Å². The topological polar surface area (TPSA) is 71.0 Å². The monoisotopic (exact) mass is 359 g/mol. The first-order valence-electron chi connectivity index (χ1n) is 5.76. The zero-order valence-electron chi connectivity index (χ0n) is 11.1. The van der Waals surface area contributed by atoms with Crippen molar-refractivity contribution in [2.24, 2.45) is 5.29 Å². The van der Waals surface area contributed by atoms with Crippen LogP contribution in [0.1, 0.15) is 0 Å². The van der Waals surface area contributed by atoms with Crippen molar-refractivity contribution in [2.45, 2.75) is 0 Å². The summed E-state index contributed by atoms with van der Waals surface area (Å²) < 4.78 is 4.24. The molecule has 2 aromatic rings. The molecule has 0 aliphatic heterocycles. The number of rotatable bonds is 4. The molecule has 0 saturated carbocycles. The van der Waals surface area contributed by atoms with E-state index in [1.54, 1.807) is 36.4 Å². The van der Waals surface area contributed by atoms with E-state index in [0.29, 0.717) is 17.1 Å². The van der Waals surface area contributed by atoms with Crippen LogP contribution in [-0.2, 0) is 37.4 Å². The number of carbonyl (C=O) groups is 1. The number of amides is 1. The summed E-state index contributed by atoms with van der Waals surface area (Å²) in [7, 11) is 3.00. The van der Waals surface area contributed by atoms with Gasteiger partial charge in [-0.05, 0) is 36.4 Å². The van der Waals surface area contributed by atoms with Crippen molar-refractivity contribution in [3.05, 3.63) is 66.6 Å². The summed E-state index contributed by atoms with van der Waals surface area (Å²) in [6.07, 6.45) is -0.661. The Morgan fingerprint density at radius 1 is 1.05 bits per heavy atom. The maximum Gasteiger partial charge on any atom is 0.379 e. The molecule has 0 fully saturated rings. The number of anilines is 3. The van der Waals surface area contributed by atoms with Gasteiger partial charge in [0.25, 0.3) is 0 Å². The minimum absolute atomic E-state index is 0. The summed E-state index contributed by atoms with van der Waals surface area (Å²) in [5.74, 6) is 0. The van der Waals surface area contributed by atoms with Crippen LogP contribution in [0.3, 0.4) is 0 Å². The molecule has 105 valence electrons. The number of benzene rings is 2. The van der Waals surface area contributed by atoms with E-state index < -0.39 is 6.09 Å². The van der Waals surface area contributed by atoms with Crippen molar-refractivity contribution in [2.75, 3.05) is 10.3 Å². The minimum Gasteiger partial charge on any atom is -0.624 e. The van der Waals surface area contributed by atoms with Crippen molar-refractivity contribution in [3.63, 3.8) is 0 Å². The standard InChI is InChI=1S/C14H12N3O3.Y/c1-20-14(18)15-11-7-9-13(10-8-11)17(16-19)12-5-3-2-4-6-12;/h2-10H,1H2,(H,15,18);/q-1;. The van der Waals surface area contributed by atoms with Crippen LogP contribution in [0, 0.1) is 12.0 Å². The molecular formula is C14H12N3O3Y-. The fourth-order valence-corrected chi connectivity index (χ4v) is 1.65. The number of ether oxygens (including phenoxy) is 1. The number of nitrogens with zero attached hydrogens (tertiary/aromatic N) is 2. The Balaban J connectivity index is 0.00000220. The Hall–Kier alpha value is -1.79. The quantitative estimate of drug-likeness (QED) is 0.512. The third-order valence-corrected chi connectivity index (χ3v) is 2.57. The summed E-state index contributed by atoms with van der Waals surface area (Å²) in [4.78, 5) is 22.0. The molecule has 0 heterocycles. The van der Waals surface area contributed by atoms with Crippen molar-refractivity contribution in [3.8, 4) is 0 Å². The third kappa shape index (κ3) is 4.61. The summed E-state index contributed by atoms with van der Waals surface area (Å²) >= 11 is 0. The van der Waals surface area contributed by atoms with Gasteiger partial charge in [0.2, 0.25) is 0 Å². The Labute approximate surface area is 147 Å². The molecule has 0 unspecified atom stereocenters. The average Bonchev–Trinajstić information content (AvgIpc) is 2.50. The largest absolute Gasteiger partial charge is 0.624 e. The zero-order valence-corrected chi connectivity index (χ0v) is 13.9. The Morgan fingerprint density at radius 2 is 1.62 bits per heavy atom. The first-order chi connectivity index (χ1) is 9.74. The van der Waals surface area contributed by atoms with Gasteiger partial charge in [-0.2, -0.15) is 12.1 Å². The van der Waals surface area contributed by atoms with E-state index in [9.17, 15) is 9.70 Å². The van der Waals surface area contributed by atoms with Gasteiger partial charge < -0.3 is 4.74 Å². The van der Waals surface area contributed by atoms with Gasteiger partial charge >= 0.3 is 6.09 Å². The van der Waals surface area contributed by atoms with E-state index in [0.717, 1.165) is 0 Å². The van der Waals surface area contributed by atoms with Gasteiger partial charge in [0.15, 0.2) is 0 Å². The molecule has 2 aromatic carbocycles. The third-order valence-electron chi connectivity index (χ3n) is 2.57. The van der Waals surface area contributed by atoms with Gasteiger partial charge in [-0.15, -0.1) is 4.91 Å². The zero-order chi connectivity index (χ0) is 14.4. The maximum atomic E-state index is 11.0. The second-order valence-electron chi connectivity index (χ2n) is 3.83. The van der Waals surface area contributed by atoms with Crippen LogP contribution < -0.4 is 10.3 Å². The van der Waals surface area contributed by atoms with Crippen LogP contribution in [-0.4, -0.2) is 6.09 Å². The molecule has 21 heavy (non-hydrogen) atoms. The molecule has 7 heteroatoms. The number of hydrogen-bond acceptors (Lipinski definition) is 4. The smallest absolute Gasteiger partial charge is 0.379 e. The van der Waals surface area contributed by atoms with Gasteiger partial charge in [-0.3, -0.25) is 5.32 Å². The SMILES string of the molecule is [CH2-]OC(=O)Nc1ccc(N(N=O)c2ccccc2)cc1.[Y]. The molecule has 0 spiro atoms. The predicted octanol–water partition coefficient (Wildman–Crippen LogP) is 3.84. The molecule has 2 rings (SSSR count). The van der Waals surface area contributed by atoms with E-state index in [4.69, 9.17) is 0 Å².